The first-order valence-corrected chi connectivity index (χ1v) is 6.22. The number of amides is 1. The monoisotopic (exact) mass is 303 g/mol. The van der Waals surface area contributed by atoms with Gasteiger partial charge in [0.1, 0.15) is 0 Å². The third kappa shape index (κ3) is 4.34. The quantitative estimate of drug-likeness (QED) is 0.850. The predicted octanol–water partition coefficient (Wildman–Crippen LogP) is 2.74. The molecule has 0 fully saturated rings. The van der Waals surface area contributed by atoms with Crippen LogP contribution in [0.4, 0.5) is 4.39 Å². The number of halogens is 2. The molecule has 17 heavy (non-hydrogen) atoms. The minimum absolute atomic E-state index is 0.135. The van der Waals surface area contributed by atoms with Crippen molar-refractivity contribution >= 4 is 21.8 Å². The normalized spacial score (nSPS) is 12.0. The average Bonchev–Trinajstić information content (AvgIpc) is 2.28. The Hall–Kier alpha value is -1.10. The molecule has 0 bridgehead atoms. The first-order chi connectivity index (χ1) is 8.04. The van der Waals surface area contributed by atoms with E-state index in [0.717, 1.165) is 6.42 Å². The van der Waals surface area contributed by atoms with E-state index in [1.54, 1.807) is 0 Å². The third-order valence-electron chi connectivity index (χ3n) is 2.24. The fraction of sp³-hybridized carbons (Fsp3) is 0.417. The molecule has 0 heterocycles. The number of carbonyl (C=O) groups is 1. The maximum Gasteiger partial charge on any atom is 0.251 e. The van der Waals surface area contributed by atoms with E-state index in [9.17, 15) is 9.18 Å². The van der Waals surface area contributed by atoms with Crippen molar-refractivity contribution in [3.8, 4) is 5.75 Å². The third-order valence-corrected chi connectivity index (χ3v) is 2.70. The van der Waals surface area contributed by atoms with Gasteiger partial charge >= 0.3 is 0 Å². The molecule has 3 nitrogen and oxygen atoms in total. The number of rotatable bonds is 5. The van der Waals surface area contributed by atoms with E-state index in [2.05, 4.69) is 21.2 Å². The topological polar surface area (TPSA) is 38.3 Å². The van der Waals surface area contributed by atoms with Crippen LogP contribution in [0.1, 0.15) is 23.7 Å². The van der Waals surface area contributed by atoms with E-state index in [0.29, 0.717) is 16.9 Å². The van der Waals surface area contributed by atoms with Gasteiger partial charge in [0, 0.05) is 16.9 Å². The first kappa shape index (κ1) is 14.0. The highest BCUT2D eigenvalue weighted by Gasteiger charge is 2.09. The van der Waals surface area contributed by atoms with Crippen molar-refractivity contribution in [1.29, 1.82) is 0 Å². The van der Waals surface area contributed by atoms with E-state index < -0.39 is 5.82 Å². The molecular weight excluding hydrogens is 289 g/mol. The number of carbonyl (C=O) groups excluding carboxylic acids is 1. The fourth-order valence-corrected chi connectivity index (χ4v) is 1.52. The molecule has 94 valence electrons. The van der Waals surface area contributed by atoms with Crippen LogP contribution in [-0.2, 0) is 0 Å². The Morgan fingerprint density at radius 2 is 2.29 bits per heavy atom. The molecule has 5 heteroatoms. The number of alkyl halides is 1. The molecule has 0 radical (unpaired) electrons. The van der Waals surface area contributed by atoms with Gasteiger partial charge in [-0.15, -0.1) is 0 Å². The van der Waals surface area contributed by atoms with Gasteiger partial charge in [-0.25, -0.2) is 4.39 Å². The smallest absolute Gasteiger partial charge is 0.251 e. The number of hydrogen-bond donors (Lipinski definition) is 1. The van der Waals surface area contributed by atoms with Crippen molar-refractivity contribution in [3.05, 3.63) is 29.6 Å². The Balaban J connectivity index is 2.60. The van der Waals surface area contributed by atoms with E-state index in [4.69, 9.17) is 4.74 Å². The first-order valence-electron chi connectivity index (χ1n) is 5.30. The summed E-state index contributed by atoms with van der Waals surface area (Å²) in [5, 5.41) is 2.72. The van der Waals surface area contributed by atoms with Crippen molar-refractivity contribution < 1.29 is 13.9 Å². The highest BCUT2D eigenvalue weighted by molar-refractivity contribution is 9.09. The zero-order valence-corrected chi connectivity index (χ0v) is 11.4. The molecule has 0 aliphatic heterocycles. The van der Waals surface area contributed by atoms with Gasteiger partial charge in [-0.1, -0.05) is 22.9 Å². The molecule has 1 N–H and O–H groups in total. The Labute approximate surface area is 108 Å². The van der Waals surface area contributed by atoms with Crippen LogP contribution >= 0.6 is 15.9 Å². The summed E-state index contributed by atoms with van der Waals surface area (Å²) in [5.74, 6) is -0.677. The van der Waals surface area contributed by atoms with E-state index in [1.165, 1.54) is 25.3 Å². The molecule has 1 amide bonds. The maximum atomic E-state index is 13.3. The summed E-state index contributed by atoms with van der Waals surface area (Å²) in [6, 6.07) is 4.15. The van der Waals surface area contributed by atoms with Crippen LogP contribution in [-0.4, -0.2) is 24.4 Å². The molecule has 1 atom stereocenters. The standard InChI is InChI=1S/C12H15BrFNO2/c1-8(13)5-6-15-12(16)9-3-4-11(17-2)10(14)7-9/h3-4,7-8H,5-6H2,1-2H3,(H,15,16). The molecule has 0 aliphatic rings. The number of methoxy groups -OCH3 is 1. The van der Waals surface area contributed by atoms with Crippen LogP contribution in [0.15, 0.2) is 18.2 Å². The number of benzene rings is 1. The van der Waals surface area contributed by atoms with Gasteiger partial charge in [0.05, 0.1) is 7.11 Å². The lowest BCUT2D eigenvalue weighted by molar-refractivity contribution is 0.0953. The summed E-state index contributed by atoms with van der Waals surface area (Å²) in [6.45, 7) is 2.55. The highest BCUT2D eigenvalue weighted by atomic mass is 79.9. The molecule has 1 aromatic rings. The van der Waals surface area contributed by atoms with Crippen LogP contribution in [0.5, 0.6) is 5.75 Å². The Morgan fingerprint density at radius 1 is 1.59 bits per heavy atom. The van der Waals surface area contributed by atoms with E-state index in [1.807, 2.05) is 6.92 Å². The van der Waals surface area contributed by atoms with Crippen molar-refractivity contribution in [2.45, 2.75) is 18.2 Å². The lowest BCUT2D eigenvalue weighted by Gasteiger charge is -2.07. The Kier molecular flexibility index (Phi) is 5.41. The Bertz CT molecular complexity index is 396. The summed E-state index contributed by atoms with van der Waals surface area (Å²) in [7, 11) is 1.38. The van der Waals surface area contributed by atoms with Crippen LogP contribution in [0.3, 0.4) is 0 Å². The lowest BCUT2D eigenvalue weighted by atomic mass is 10.2. The van der Waals surface area contributed by atoms with E-state index >= 15 is 0 Å². The van der Waals surface area contributed by atoms with Gasteiger partial charge in [0.2, 0.25) is 0 Å². The zero-order chi connectivity index (χ0) is 12.8. The molecule has 1 aromatic carbocycles. The molecule has 0 aliphatic carbocycles. The summed E-state index contributed by atoms with van der Waals surface area (Å²) in [6.07, 6.45) is 0.824. The zero-order valence-electron chi connectivity index (χ0n) is 9.80. The van der Waals surface area contributed by atoms with Crippen molar-refractivity contribution in [2.24, 2.45) is 0 Å². The van der Waals surface area contributed by atoms with Gasteiger partial charge in [-0.05, 0) is 24.6 Å². The van der Waals surface area contributed by atoms with Gasteiger partial charge in [0.25, 0.3) is 5.91 Å². The van der Waals surface area contributed by atoms with Gasteiger partial charge < -0.3 is 10.1 Å². The average molecular weight is 304 g/mol. The van der Waals surface area contributed by atoms with Gasteiger partial charge in [-0.3, -0.25) is 4.79 Å². The number of nitrogens with one attached hydrogen (secondary N) is 1. The van der Waals surface area contributed by atoms with Gasteiger partial charge in [0.15, 0.2) is 11.6 Å². The van der Waals surface area contributed by atoms with E-state index in [-0.39, 0.29) is 11.7 Å². The molecule has 0 saturated heterocycles. The summed E-state index contributed by atoms with van der Waals surface area (Å²) < 4.78 is 18.1. The number of hydrogen-bond acceptors (Lipinski definition) is 2. The van der Waals surface area contributed by atoms with Crippen molar-refractivity contribution in [3.63, 3.8) is 0 Å². The maximum absolute atomic E-state index is 13.3. The Morgan fingerprint density at radius 3 is 2.82 bits per heavy atom. The van der Waals surface area contributed by atoms with Crippen LogP contribution in [0.2, 0.25) is 0 Å². The van der Waals surface area contributed by atoms with Crippen molar-refractivity contribution in [1.82, 2.24) is 5.32 Å². The minimum Gasteiger partial charge on any atom is -0.494 e. The fourth-order valence-electron chi connectivity index (χ4n) is 1.29. The summed E-state index contributed by atoms with van der Waals surface area (Å²) >= 11 is 3.38. The minimum atomic E-state index is -0.533. The van der Waals surface area contributed by atoms with Crippen LogP contribution in [0, 0.1) is 5.82 Å². The second-order valence-electron chi connectivity index (χ2n) is 3.67. The lowest BCUT2D eigenvalue weighted by Crippen LogP contribution is -2.25. The van der Waals surface area contributed by atoms with Gasteiger partial charge in [-0.2, -0.15) is 0 Å². The molecule has 0 spiro atoms. The predicted molar refractivity (Wildman–Crippen MR) is 68.3 cm³/mol. The van der Waals surface area contributed by atoms with Crippen LogP contribution < -0.4 is 10.1 Å². The molecular formula is C12H15BrFNO2. The second kappa shape index (κ2) is 6.59. The number of ether oxygens (including phenoxy) is 1. The molecule has 0 aromatic heterocycles. The largest absolute Gasteiger partial charge is 0.494 e. The highest BCUT2D eigenvalue weighted by Crippen LogP contribution is 2.17. The SMILES string of the molecule is COc1ccc(C(=O)NCCC(C)Br)cc1F. The second-order valence-corrected chi connectivity index (χ2v) is 5.24. The summed E-state index contributed by atoms with van der Waals surface area (Å²) in [5.41, 5.74) is 0.297. The van der Waals surface area contributed by atoms with Crippen molar-refractivity contribution in [2.75, 3.05) is 13.7 Å². The summed E-state index contributed by atoms with van der Waals surface area (Å²) in [4.78, 5) is 12.0. The molecule has 1 rings (SSSR count). The molecule has 1 unspecified atom stereocenters. The molecule has 0 saturated carbocycles. The van der Waals surface area contributed by atoms with Crippen LogP contribution in [0.25, 0.3) is 0 Å².